The largest absolute Gasteiger partial charge is 0.493 e. The van der Waals surface area contributed by atoms with Crippen molar-refractivity contribution in [1.29, 1.82) is 0 Å². The van der Waals surface area contributed by atoms with Crippen molar-refractivity contribution in [3.8, 4) is 11.5 Å². The van der Waals surface area contributed by atoms with Gasteiger partial charge in [0, 0.05) is 24.8 Å². The number of hydrogen-bond donors (Lipinski definition) is 1. The fourth-order valence-electron chi connectivity index (χ4n) is 3.71. The van der Waals surface area contributed by atoms with Crippen LogP contribution in [0.25, 0.3) is 0 Å². The normalized spacial score (nSPS) is 13.0. The van der Waals surface area contributed by atoms with Crippen LogP contribution in [0.1, 0.15) is 22.5 Å². The second-order valence-electron chi connectivity index (χ2n) is 7.25. The van der Waals surface area contributed by atoms with Crippen LogP contribution in [0.3, 0.4) is 0 Å². The molecule has 1 N–H and O–H groups in total. The zero-order chi connectivity index (χ0) is 20.4. The molecule has 3 aromatic rings. The van der Waals surface area contributed by atoms with Gasteiger partial charge < -0.3 is 19.7 Å². The molecule has 0 aliphatic carbocycles. The molecule has 1 aliphatic heterocycles. The van der Waals surface area contributed by atoms with E-state index in [9.17, 15) is 0 Å². The number of ether oxygens (including phenoxy) is 2. The molecule has 0 amide bonds. The summed E-state index contributed by atoms with van der Waals surface area (Å²) >= 11 is 0. The molecule has 2 aromatic carbocycles. The molecular weight excluding hydrogens is 364 g/mol. The summed E-state index contributed by atoms with van der Waals surface area (Å²) in [5, 5.41) is 3.43. The summed E-state index contributed by atoms with van der Waals surface area (Å²) in [5.41, 5.74) is 4.76. The Hall–Kier alpha value is -3.28. The lowest BCUT2D eigenvalue weighted by atomic mass is 9.99. The Labute approximate surface area is 171 Å². The van der Waals surface area contributed by atoms with E-state index in [-0.39, 0.29) is 0 Å². The minimum absolute atomic E-state index is 0.747. The van der Waals surface area contributed by atoms with E-state index in [1.165, 1.54) is 16.7 Å². The van der Waals surface area contributed by atoms with Gasteiger partial charge in [-0.1, -0.05) is 18.2 Å². The van der Waals surface area contributed by atoms with Crippen molar-refractivity contribution in [2.45, 2.75) is 26.8 Å². The third-order valence-corrected chi connectivity index (χ3v) is 5.27. The van der Waals surface area contributed by atoms with Gasteiger partial charge in [0.15, 0.2) is 11.5 Å². The minimum Gasteiger partial charge on any atom is -0.493 e. The third-order valence-electron chi connectivity index (χ3n) is 5.27. The van der Waals surface area contributed by atoms with Crippen LogP contribution in [-0.2, 0) is 13.0 Å². The van der Waals surface area contributed by atoms with Crippen molar-refractivity contribution in [2.75, 3.05) is 31.0 Å². The molecule has 1 aromatic heterocycles. The van der Waals surface area contributed by atoms with Crippen molar-refractivity contribution in [1.82, 2.24) is 9.97 Å². The number of rotatable bonds is 5. The average molecular weight is 390 g/mol. The van der Waals surface area contributed by atoms with E-state index in [4.69, 9.17) is 9.47 Å². The van der Waals surface area contributed by atoms with Crippen LogP contribution in [0.2, 0.25) is 0 Å². The van der Waals surface area contributed by atoms with Gasteiger partial charge in [-0.25, -0.2) is 9.97 Å². The van der Waals surface area contributed by atoms with E-state index in [2.05, 4.69) is 51.4 Å². The molecule has 6 heteroatoms. The van der Waals surface area contributed by atoms with Gasteiger partial charge in [-0.05, 0) is 55.2 Å². The zero-order valence-electron chi connectivity index (χ0n) is 17.3. The minimum atomic E-state index is 0.747. The molecule has 0 saturated heterocycles. The second-order valence-corrected chi connectivity index (χ2v) is 7.25. The lowest BCUT2D eigenvalue weighted by Crippen LogP contribution is -2.31. The van der Waals surface area contributed by atoms with Crippen LogP contribution in [0.5, 0.6) is 11.5 Å². The van der Waals surface area contributed by atoms with Crippen molar-refractivity contribution < 1.29 is 9.47 Å². The quantitative estimate of drug-likeness (QED) is 0.696. The van der Waals surface area contributed by atoms with Crippen LogP contribution in [0.4, 0.5) is 17.3 Å². The number of nitrogens with zero attached hydrogens (tertiary/aromatic N) is 3. The maximum absolute atomic E-state index is 5.48. The zero-order valence-corrected chi connectivity index (χ0v) is 17.3. The van der Waals surface area contributed by atoms with E-state index in [1.807, 2.05) is 25.1 Å². The highest BCUT2D eigenvalue weighted by Gasteiger charge is 2.21. The SMILES string of the molecule is COc1cc2c(cc1OC)CN(c1cc(Nc3ccccc3C)nc(C)n1)CC2. The first-order valence-electron chi connectivity index (χ1n) is 9.74. The van der Waals surface area contributed by atoms with Crippen LogP contribution in [-0.4, -0.2) is 30.7 Å². The standard InChI is InChI=1S/C23H26N4O2/c1-15-7-5-6-8-19(15)26-22-13-23(25-16(2)24-22)27-10-9-17-11-20(28-3)21(29-4)12-18(17)14-27/h5-8,11-13H,9-10,14H2,1-4H3,(H,24,25,26). The third kappa shape index (κ3) is 3.97. The molecule has 150 valence electrons. The molecule has 0 spiro atoms. The molecular formula is C23H26N4O2. The smallest absolute Gasteiger partial charge is 0.161 e. The topological polar surface area (TPSA) is 59.5 Å². The van der Waals surface area contributed by atoms with Gasteiger partial charge in [-0.3, -0.25) is 0 Å². The summed E-state index contributed by atoms with van der Waals surface area (Å²) in [4.78, 5) is 11.5. The van der Waals surface area contributed by atoms with Crippen molar-refractivity contribution in [3.05, 3.63) is 65.0 Å². The maximum atomic E-state index is 5.48. The highest BCUT2D eigenvalue weighted by atomic mass is 16.5. The maximum Gasteiger partial charge on any atom is 0.161 e. The van der Waals surface area contributed by atoms with Gasteiger partial charge >= 0.3 is 0 Å². The number of aromatic nitrogens is 2. The van der Waals surface area contributed by atoms with Crippen LogP contribution in [0, 0.1) is 13.8 Å². The summed E-state index contributed by atoms with van der Waals surface area (Å²) in [6.07, 6.45) is 0.930. The number of para-hydroxylation sites is 1. The molecule has 0 radical (unpaired) electrons. The van der Waals surface area contributed by atoms with Crippen LogP contribution in [0.15, 0.2) is 42.5 Å². The average Bonchev–Trinajstić information content (AvgIpc) is 2.73. The molecule has 2 heterocycles. The number of aryl methyl sites for hydroxylation is 2. The molecule has 1 aliphatic rings. The van der Waals surface area contributed by atoms with Crippen LogP contribution < -0.4 is 19.7 Å². The number of hydrogen-bond acceptors (Lipinski definition) is 6. The Balaban J connectivity index is 1.61. The summed E-state index contributed by atoms with van der Waals surface area (Å²) in [5.74, 6) is 4.02. The van der Waals surface area contributed by atoms with Crippen molar-refractivity contribution in [3.63, 3.8) is 0 Å². The van der Waals surface area contributed by atoms with Gasteiger partial charge in [0.1, 0.15) is 17.5 Å². The lowest BCUT2D eigenvalue weighted by Gasteiger charge is -2.30. The van der Waals surface area contributed by atoms with Crippen molar-refractivity contribution in [2.24, 2.45) is 0 Å². The molecule has 29 heavy (non-hydrogen) atoms. The van der Waals surface area contributed by atoms with Crippen molar-refractivity contribution >= 4 is 17.3 Å². The summed E-state index contributed by atoms with van der Waals surface area (Å²) in [7, 11) is 3.34. The number of benzene rings is 2. The number of anilines is 3. The first-order valence-corrected chi connectivity index (χ1v) is 9.74. The summed E-state index contributed by atoms with van der Waals surface area (Å²) in [6, 6.07) is 14.4. The molecule has 0 fully saturated rings. The lowest BCUT2D eigenvalue weighted by molar-refractivity contribution is 0.353. The number of fused-ring (bicyclic) bond motifs is 1. The second kappa shape index (κ2) is 7.99. The highest BCUT2D eigenvalue weighted by Crippen LogP contribution is 2.34. The number of methoxy groups -OCH3 is 2. The van der Waals surface area contributed by atoms with E-state index >= 15 is 0 Å². The summed E-state index contributed by atoms with van der Waals surface area (Å²) < 4.78 is 10.9. The Kier molecular flexibility index (Phi) is 5.25. The molecule has 6 nitrogen and oxygen atoms in total. The Morgan fingerprint density at radius 2 is 1.66 bits per heavy atom. The van der Waals surface area contributed by atoms with Gasteiger partial charge in [0.25, 0.3) is 0 Å². The van der Waals surface area contributed by atoms with Gasteiger partial charge in [0.05, 0.1) is 14.2 Å². The number of nitrogens with one attached hydrogen (secondary N) is 1. The Morgan fingerprint density at radius 1 is 0.931 bits per heavy atom. The Morgan fingerprint density at radius 3 is 2.38 bits per heavy atom. The predicted octanol–water partition coefficient (Wildman–Crippen LogP) is 4.42. The van der Waals surface area contributed by atoms with E-state index in [0.717, 1.165) is 54.2 Å². The monoisotopic (exact) mass is 390 g/mol. The highest BCUT2D eigenvalue weighted by molar-refractivity contribution is 5.63. The molecule has 0 bridgehead atoms. The fraction of sp³-hybridized carbons (Fsp3) is 0.304. The van der Waals surface area contributed by atoms with Gasteiger partial charge in [-0.15, -0.1) is 0 Å². The molecule has 0 unspecified atom stereocenters. The Bertz CT molecular complexity index is 1040. The fourth-order valence-corrected chi connectivity index (χ4v) is 3.71. The molecule has 0 saturated carbocycles. The first-order chi connectivity index (χ1) is 14.1. The van der Waals surface area contributed by atoms with E-state index < -0.39 is 0 Å². The first kappa shape index (κ1) is 19.1. The summed E-state index contributed by atoms with van der Waals surface area (Å²) in [6.45, 7) is 5.68. The van der Waals surface area contributed by atoms with E-state index in [0.29, 0.717) is 0 Å². The van der Waals surface area contributed by atoms with Gasteiger partial charge in [0.2, 0.25) is 0 Å². The molecule has 4 rings (SSSR count). The van der Waals surface area contributed by atoms with E-state index in [1.54, 1.807) is 14.2 Å². The van der Waals surface area contributed by atoms with Crippen LogP contribution >= 0.6 is 0 Å². The van der Waals surface area contributed by atoms with Gasteiger partial charge in [-0.2, -0.15) is 0 Å². The molecule has 0 atom stereocenters. The predicted molar refractivity (Wildman–Crippen MR) is 116 cm³/mol.